The Morgan fingerprint density at radius 2 is 1.79 bits per heavy atom. The number of fused-ring (bicyclic) bond motifs is 1. The molecule has 0 saturated carbocycles. The van der Waals surface area contributed by atoms with Gasteiger partial charge in [-0.2, -0.15) is 5.26 Å². The summed E-state index contributed by atoms with van der Waals surface area (Å²) in [5.41, 5.74) is 1.62. The molecular formula is C27H25ClN4O2. The lowest BCUT2D eigenvalue weighted by Crippen LogP contribution is -2.36. The van der Waals surface area contributed by atoms with Crippen LogP contribution < -0.4 is 4.90 Å². The van der Waals surface area contributed by atoms with Crippen LogP contribution >= 0.6 is 11.6 Å². The van der Waals surface area contributed by atoms with E-state index in [4.69, 9.17) is 11.6 Å². The van der Waals surface area contributed by atoms with Gasteiger partial charge in [-0.3, -0.25) is 14.7 Å². The number of aromatic hydroxyl groups is 1. The Morgan fingerprint density at radius 1 is 1.03 bits per heavy atom. The molecule has 1 unspecified atom stereocenters. The Hall–Kier alpha value is -3.95. The second-order valence-corrected chi connectivity index (χ2v) is 7.48. The van der Waals surface area contributed by atoms with Crippen molar-refractivity contribution in [2.45, 2.75) is 33.2 Å². The molecule has 0 aliphatic heterocycles. The van der Waals surface area contributed by atoms with Crippen molar-refractivity contribution in [2.24, 2.45) is 0 Å². The number of anilines is 1. The fourth-order valence-electron chi connectivity index (χ4n) is 3.73. The van der Waals surface area contributed by atoms with Crippen LogP contribution in [-0.2, 0) is 4.79 Å². The third-order valence-corrected chi connectivity index (χ3v) is 5.66. The molecule has 0 bridgehead atoms. The van der Waals surface area contributed by atoms with Gasteiger partial charge in [0, 0.05) is 29.8 Å². The van der Waals surface area contributed by atoms with Crippen LogP contribution in [0.3, 0.4) is 0 Å². The number of carbonyl (C=O) groups excluding carboxylic acids is 1. The number of benzene rings is 2. The van der Waals surface area contributed by atoms with E-state index in [1.807, 2.05) is 26.0 Å². The van der Waals surface area contributed by atoms with E-state index in [2.05, 4.69) is 16.0 Å². The zero-order valence-corrected chi connectivity index (χ0v) is 20.0. The predicted octanol–water partition coefficient (Wildman–Crippen LogP) is 6.42. The number of amides is 1. The molecular weight excluding hydrogens is 448 g/mol. The van der Waals surface area contributed by atoms with Crippen LogP contribution in [0.25, 0.3) is 10.9 Å². The fraction of sp³-hybridized carbons (Fsp3) is 0.185. The number of carbonyl (C=O) groups is 1. The molecule has 1 amide bonds. The van der Waals surface area contributed by atoms with Crippen molar-refractivity contribution in [3.8, 4) is 11.8 Å². The summed E-state index contributed by atoms with van der Waals surface area (Å²) < 4.78 is 0. The number of nitrogens with zero attached hydrogens (tertiary/aromatic N) is 4. The van der Waals surface area contributed by atoms with Crippen LogP contribution in [0.15, 0.2) is 73.1 Å². The highest BCUT2D eigenvalue weighted by molar-refractivity contribution is 6.32. The van der Waals surface area contributed by atoms with Crippen molar-refractivity contribution < 1.29 is 9.90 Å². The first-order valence-electron chi connectivity index (χ1n) is 11.0. The molecule has 6 nitrogen and oxygen atoms in total. The smallest absolute Gasteiger partial charge is 0.228 e. The highest BCUT2D eigenvalue weighted by atomic mass is 35.5. The first-order chi connectivity index (χ1) is 16.6. The second kappa shape index (κ2) is 11.3. The minimum absolute atomic E-state index is 0.0589. The largest absolute Gasteiger partial charge is 0.505 e. The van der Waals surface area contributed by atoms with Crippen LogP contribution in [0.2, 0.25) is 5.02 Å². The van der Waals surface area contributed by atoms with E-state index >= 15 is 0 Å². The lowest BCUT2D eigenvalue weighted by atomic mass is 9.93. The van der Waals surface area contributed by atoms with E-state index in [1.54, 1.807) is 67.8 Å². The number of rotatable bonds is 5. The maximum Gasteiger partial charge on any atom is 0.228 e. The number of phenols is 1. The average molecular weight is 473 g/mol. The molecule has 0 aliphatic carbocycles. The fourth-order valence-corrected chi connectivity index (χ4v) is 4.00. The van der Waals surface area contributed by atoms with Crippen molar-refractivity contribution in [3.63, 3.8) is 0 Å². The third kappa shape index (κ3) is 4.70. The molecule has 2 heterocycles. The molecule has 0 aliphatic rings. The maximum absolute atomic E-state index is 13.2. The van der Waals surface area contributed by atoms with Gasteiger partial charge in [0.15, 0.2) is 0 Å². The maximum atomic E-state index is 13.2. The van der Waals surface area contributed by atoms with Crippen molar-refractivity contribution in [1.82, 2.24) is 9.97 Å². The first kappa shape index (κ1) is 24.7. The SMILES string of the molecule is CC.CCC(=O)N(c1ccccn1)C(c1cccc(C#N)c1Cl)c1ccc2cccnc2c1O. The van der Waals surface area contributed by atoms with E-state index in [0.29, 0.717) is 22.5 Å². The van der Waals surface area contributed by atoms with Gasteiger partial charge in [-0.1, -0.05) is 68.8 Å². The molecule has 1 atom stereocenters. The minimum Gasteiger partial charge on any atom is -0.505 e. The molecule has 0 fully saturated rings. The van der Waals surface area contributed by atoms with Gasteiger partial charge in [-0.15, -0.1) is 0 Å². The summed E-state index contributed by atoms with van der Waals surface area (Å²) in [6.07, 6.45) is 3.39. The zero-order chi connectivity index (χ0) is 24.7. The van der Waals surface area contributed by atoms with Crippen LogP contribution in [0.5, 0.6) is 5.75 Å². The molecule has 1 N–H and O–H groups in total. The average Bonchev–Trinajstić information content (AvgIpc) is 2.90. The van der Waals surface area contributed by atoms with Gasteiger partial charge >= 0.3 is 0 Å². The van der Waals surface area contributed by atoms with Crippen LogP contribution in [0.4, 0.5) is 5.82 Å². The molecule has 4 aromatic rings. The summed E-state index contributed by atoms with van der Waals surface area (Å²) in [6.45, 7) is 5.75. The van der Waals surface area contributed by atoms with Gasteiger partial charge in [-0.05, 0) is 29.8 Å². The number of phenolic OH excluding ortho intramolecular Hbond substituents is 1. The molecule has 7 heteroatoms. The summed E-state index contributed by atoms with van der Waals surface area (Å²) in [5, 5.41) is 21.7. The minimum atomic E-state index is -0.829. The van der Waals surface area contributed by atoms with E-state index < -0.39 is 6.04 Å². The highest BCUT2D eigenvalue weighted by Crippen LogP contribution is 2.42. The predicted molar refractivity (Wildman–Crippen MR) is 135 cm³/mol. The molecule has 2 aromatic heterocycles. The Bertz CT molecular complexity index is 1340. The molecule has 0 saturated heterocycles. The van der Waals surface area contributed by atoms with Gasteiger partial charge in [0.05, 0.1) is 16.6 Å². The number of hydrogen-bond acceptors (Lipinski definition) is 5. The number of aromatic nitrogens is 2. The third-order valence-electron chi connectivity index (χ3n) is 5.24. The zero-order valence-electron chi connectivity index (χ0n) is 19.2. The van der Waals surface area contributed by atoms with Crippen molar-refractivity contribution >= 4 is 34.2 Å². The van der Waals surface area contributed by atoms with Gasteiger partial charge in [0.25, 0.3) is 0 Å². The second-order valence-electron chi connectivity index (χ2n) is 7.11. The quantitative estimate of drug-likeness (QED) is 0.362. The van der Waals surface area contributed by atoms with Crippen LogP contribution in [-0.4, -0.2) is 21.0 Å². The molecule has 0 spiro atoms. The van der Waals surface area contributed by atoms with Crippen LogP contribution in [0, 0.1) is 11.3 Å². The van der Waals surface area contributed by atoms with E-state index in [1.165, 1.54) is 4.90 Å². The standard InChI is InChI=1S/C25H19ClN4O2.C2H6/c1-2-21(31)30(20-10-3-4-13-28-20)24(18-9-5-7-17(15-27)22(18)26)19-12-11-16-8-6-14-29-23(16)25(19)32;1-2/h3-14,24,32H,2H2,1H3;1-2H3. The van der Waals surface area contributed by atoms with Crippen molar-refractivity contribution in [1.29, 1.82) is 5.26 Å². The Labute approximate surface area is 204 Å². The lowest BCUT2D eigenvalue weighted by molar-refractivity contribution is -0.118. The van der Waals surface area contributed by atoms with Gasteiger partial charge in [-0.25, -0.2) is 4.98 Å². The lowest BCUT2D eigenvalue weighted by Gasteiger charge is -2.33. The van der Waals surface area contributed by atoms with Gasteiger partial charge < -0.3 is 5.11 Å². The van der Waals surface area contributed by atoms with Gasteiger partial charge in [0.1, 0.15) is 23.2 Å². The highest BCUT2D eigenvalue weighted by Gasteiger charge is 2.33. The number of nitriles is 1. The Kier molecular flexibility index (Phi) is 8.18. The van der Waals surface area contributed by atoms with Crippen molar-refractivity contribution in [2.75, 3.05) is 4.90 Å². The van der Waals surface area contributed by atoms with E-state index in [9.17, 15) is 15.2 Å². The van der Waals surface area contributed by atoms with Crippen LogP contribution in [0.1, 0.15) is 49.9 Å². The summed E-state index contributed by atoms with van der Waals surface area (Å²) in [6, 6.07) is 18.8. The molecule has 2 aromatic carbocycles. The molecule has 0 radical (unpaired) electrons. The molecule has 172 valence electrons. The van der Waals surface area contributed by atoms with E-state index in [-0.39, 0.29) is 28.7 Å². The number of hydrogen-bond donors (Lipinski definition) is 1. The molecule has 34 heavy (non-hydrogen) atoms. The summed E-state index contributed by atoms with van der Waals surface area (Å²) in [4.78, 5) is 23.4. The van der Waals surface area contributed by atoms with Crippen molar-refractivity contribution in [3.05, 3.63) is 94.8 Å². The number of halogens is 1. The van der Waals surface area contributed by atoms with Gasteiger partial charge in [0.2, 0.25) is 5.91 Å². The monoisotopic (exact) mass is 472 g/mol. The Balaban J connectivity index is 0.00000158. The van der Waals surface area contributed by atoms with E-state index in [0.717, 1.165) is 5.39 Å². The summed E-state index contributed by atoms with van der Waals surface area (Å²) in [7, 11) is 0. The number of pyridine rings is 2. The Morgan fingerprint density at radius 3 is 2.47 bits per heavy atom. The summed E-state index contributed by atoms with van der Waals surface area (Å²) >= 11 is 6.63. The first-order valence-corrected chi connectivity index (χ1v) is 11.4. The topological polar surface area (TPSA) is 90.1 Å². The molecule has 4 rings (SSSR count). The summed E-state index contributed by atoms with van der Waals surface area (Å²) in [5.74, 6) is 0.132. The normalized spacial score (nSPS) is 11.1.